The van der Waals surface area contributed by atoms with Crippen LogP contribution in [0.15, 0.2) is 0 Å². The van der Waals surface area contributed by atoms with Gasteiger partial charge in [0.2, 0.25) is 22.7 Å². The van der Waals surface area contributed by atoms with Crippen molar-refractivity contribution in [2.45, 2.75) is 111 Å². The van der Waals surface area contributed by atoms with Gasteiger partial charge in [0.25, 0.3) is 15.2 Å². The molecule has 0 aliphatic carbocycles. The van der Waals surface area contributed by atoms with Crippen LogP contribution >= 0.6 is 34.8 Å². The lowest BCUT2D eigenvalue weighted by molar-refractivity contribution is -0.432. The van der Waals surface area contributed by atoms with Crippen molar-refractivity contribution in [1.82, 2.24) is 0 Å². The van der Waals surface area contributed by atoms with Gasteiger partial charge in [0, 0.05) is 20.8 Å². The number of rotatable bonds is 12. The van der Waals surface area contributed by atoms with Crippen LogP contribution in [0.1, 0.15) is 48.5 Å². The molecule has 2 aliphatic rings. The van der Waals surface area contributed by atoms with Gasteiger partial charge in [-0.3, -0.25) is 39.0 Å². The average Bonchev–Trinajstić information content (AvgIpc) is 2.97. The molecule has 2 fully saturated rings. The Balaban J connectivity index is 3.50. The van der Waals surface area contributed by atoms with E-state index in [1.165, 1.54) is 0 Å². The minimum Gasteiger partial charge on any atom is -0.457 e. The van der Waals surface area contributed by atoms with Gasteiger partial charge in [-0.1, -0.05) is 34.8 Å². The number of alkyl halides is 3. The SMILES string of the molecule is CC(=O)O[C@@]1(C(C)=O)[C@](O[C@]2(C(C)=O)[C@@H](CO)O[C@@H](O)[C@H](O)[C@]2(OC(=N)C(Cl)(Cl)Cl)C(C)=O)(C(C)=O)O[C@H](CO)[C@@H](O)[C@@]1(OC(C)=O)C(C)=O. The first-order chi connectivity index (χ1) is 22.7. The van der Waals surface area contributed by atoms with Crippen LogP contribution in [0.3, 0.4) is 0 Å². The van der Waals surface area contributed by atoms with Crippen molar-refractivity contribution in [3.63, 3.8) is 0 Å². The molecular formula is C28H36Cl3NO18. The molecule has 0 aromatic rings. The van der Waals surface area contributed by atoms with Gasteiger partial charge in [-0.15, -0.1) is 0 Å². The molecule has 0 saturated carbocycles. The number of ketones is 5. The van der Waals surface area contributed by atoms with Crippen molar-refractivity contribution in [1.29, 1.82) is 5.41 Å². The lowest BCUT2D eigenvalue weighted by Gasteiger charge is -2.63. The van der Waals surface area contributed by atoms with Crippen molar-refractivity contribution in [2.24, 2.45) is 0 Å². The maximum Gasteiger partial charge on any atom is 0.304 e. The van der Waals surface area contributed by atoms with Crippen molar-refractivity contribution in [3.05, 3.63) is 0 Å². The molecule has 50 heavy (non-hydrogen) atoms. The summed E-state index contributed by atoms with van der Waals surface area (Å²) in [6.07, 6.45) is -13.1. The third kappa shape index (κ3) is 6.15. The van der Waals surface area contributed by atoms with E-state index < -0.39 is 123 Å². The molecule has 10 atom stereocenters. The van der Waals surface area contributed by atoms with E-state index >= 15 is 0 Å². The zero-order valence-electron chi connectivity index (χ0n) is 27.5. The number of hydrogen-bond donors (Lipinski definition) is 6. The Hall–Kier alpha value is -2.69. The van der Waals surface area contributed by atoms with Crippen LogP contribution < -0.4 is 0 Å². The van der Waals surface area contributed by atoms with Crippen LogP contribution in [0.25, 0.3) is 0 Å². The average molecular weight is 781 g/mol. The molecule has 22 heteroatoms. The predicted octanol–water partition coefficient (Wildman–Crippen LogP) is -2.09. The second-order valence-corrected chi connectivity index (χ2v) is 13.7. The van der Waals surface area contributed by atoms with E-state index in [2.05, 4.69) is 0 Å². The normalized spacial score (nSPS) is 37.2. The maximum absolute atomic E-state index is 14.2. The van der Waals surface area contributed by atoms with Crippen molar-refractivity contribution in [3.8, 4) is 0 Å². The van der Waals surface area contributed by atoms with Gasteiger partial charge < -0.3 is 54.0 Å². The number of aliphatic hydroxyl groups is 5. The fourth-order valence-corrected chi connectivity index (χ4v) is 6.63. The van der Waals surface area contributed by atoms with Crippen LogP contribution in [0.2, 0.25) is 0 Å². The highest BCUT2D eigenvalue weighted by Crippen LogP contribution is 2.56. The van der Waals surface area contributed by atoms with Crippen molar-refractivity contribution in [2.75, 3.05) is 13.2 Å². The summed E-state index contributed by atoms with van der Waals surface area (Å²) in [5, 5.41) is 62.7. The molecule has 0 bridgehead atoms. The maximum atomic E-state index is 14.2. The Kier molecular flexibility index (Phi) is 12.8. The summed E-state index contributed by atoms with van der Waals surface area (Å²) in [4.78, 5) is 95.3. The molecule has 19 nitrogen and oxygen atoms in total. The standard InChI is InChI=1S/C28H36Cl3NO18/c1-10(35)23(18(9-34)45-21(44)20(43)24(23,11(2)36)49-22(32)28(29,30)31)50-27(14(5)39)26(13(4)38,47-16(7)41)25(12(3)37,46-15(6)40)19(42)17(8-33)48-27/h17-21,32-34,42-44H,8-9H2,1-7H3/t17-,18-,19-,20+,21-,23-,24-,25+,26-,27-/m1/s1. The molecule has 6 N–H and O–H groups in total. The Morgan fingerprint density at radius 1 is 0.680 bits per heavy atom. The molecule has 2 aliphatic heterocycles. The Morgan fingerprint density at radius 3 is 1.50 bits per heavy atom. The first kappa shape index (κ1) is 43.5. The first-order valence-corrected chi connectivity index (χ1v) is 15.4. The van der Waals surface area contributed by atoms with Gasteiger partial charge in [0.15, 0.2) is 41.3 Å². The van der Waals surface area contributed by atoms with E-state index in [1.807, 2.05) is 0 Å². The smallest absolute Gasteiger partial charge is 0.304 e. The number of nitrogens with one attached hydrogen (secondary N) is 1. The minimum absolute atomic E-state index is 0.530. The van der Waals surface area contributed by atoms with E-state index in [0.717, 1.165) is 0 Å². The largest absolute Gasteiger partial charge is 0.457 e. The molecule has 2 saturated heterocycles. The van der Waals surface area contributed by atoms with Gasteiger partial charge in [0.1, 0.15) is 18.3 Å². The summed E-state index contributed by atoms with van der Waals surface area (Å²) < 4.78 is 30.1. The van der Waals surface area contributed by atoms with E-state index in [0.29, 0.717) is 48.5 Å². The Labute approximate surface area is 298 Å². The van der Waals surface area contributed by atoms with Crippen LogP contribution in [-0.2, 0) is 62.0 Å². The topological polar surface area (TPSA) is 300 Å². The third-order valence-corrected chi connectivity index (χ3v) is 8.88. The zero-order chi connectivity index (χ0) is 39.2. The molecule has 0 aromatic heterocycles. The zero-order valence-corrected chi connectivity index (χ0v) is 29.7. The Morgan fingerprint density at radius 2 is 1.16 bits per heavy atom. The number of Topliss-reactive ketones (excluding diaryl/α,β-unsaturated/α-hetero) is 5. The molecular weight excluding hydrogens is 745 g/mol. The summed E-state index contributed by atoms with van der Waals surface area (Å²) in [5.74, 6) is -16.7. The van der Waals surface area contributed by atoms with Crippen molar-refractivity contribution >= 4 is 81.6 Å². The molecule has 0 unspecified atom stereocenters. The highest BCUT2D eigenvalue weighted by atomic mass is 35.6. The predicted molar refractivity (Wildman–Crippen MR) is 163 cm³/mol. The van der Waals surface area contributed by atoms with Gasteiger partial charge in [-0.2, -0.15) is 0 Å². The van der Waals surface area contributed by atoms with Gasteiger partial charge >= 0.3 is 11.9 Å². The van der Waals surface area contributed by atoms with Crippen LogP contribution in [0.5, 0.6) is 0 Å². The first-order valence-electron chi connectivity index (χ1n) is 14.3. The number of aliphatic hydroxyl groups excluding tert-OH is 5. The van der Waals surface area contributed by atoms with E-state index in [-0.39, 0.29) is 0 Å². The van der Waals surface area contributed by atoms with E-state index in [4.69, 9.17) is 68.6 Å². The summed E-state index contributed by atoms with van der Waals surface area (Å²) in [7, 11) is 0. The number of hydrogen-bond acceptors (Lipinski definition) is 19. The Bertz CT molecular complexity index is 1470. The van der Waals surface area contributed by atoms with E-state index in [9.17, 15) is 59.1 Å². The third-order valence-electron chi connectivity index (χ3n) is 8.37. The van der Waals surface area contributed by atoms with Crippen LogP contribution in [0, 0.1) is 5.41 Å². The lowest BCUT2D eigenvalue weighted by Crippen LogP contribution is -2.91. The fourth-order valence-electron chi connectivity index (χ4n) is 6.52. The second-order valence-electron chi connectivity index (χ2n) is 11.4. The second kappa shape index (κ2) is 14.7. The number of carbonyl (C=O) groups excluding carboxylic acids is 7. The highest BCUT2D eigenvalue weighted by molar-refractivity contribution is 6.76. The van der Waals surface area contributed by atoms with Gasteiger partial charge in [0.05, 0.1) is 13.2 Å². The molecule has 0 spiro atoms. The van der Waals surface area contributed by atoms with Crippen LogP contribution in [-0.4, -0.2) is 148 Å². The molecule has 2 heterocycles. The molecule has 0 radical (unpaired) electrons. The van der Waals surface area contributed by atoms with Gasteiger partial charge in [-0.25, -0.2) is 0 Å². The quantitative estimate of drug-likeness (QED) is 0.0535. The molecule has 282 valence electrons. The monoisotopic (exact) mass is 779 g/mol. The fraction of sp³-hybridized carbons (Fsp3) is 0.714. The summed E-state index contributed by atoms with van der Waals surface area (Å²) >= 11 is 17.3. The van der Waals surface area contributed by atoms with Gasteiger partial charge in [-0.05, 0) is 27.7 Å². The molecule has 2 rings (SSSR count). The molecule has 0 aromatic carbocycles. The number of halogens is 3. The van der Waals surface area contributed by atoms with Crippen molar-refractivity contribution < 1.29 is 87.5 Å². The molecule has 0 amide bonds. The number of carbonyl (C=O) groups is 7. The summed E-state index contributed by atoms with van der Waals surface area (Å²) in [5.41, 5.74) is -14.9. The number of ether oxygens (including phenoxy) is 6. The highest BCUT2D eigenvalue weighted by Gasteiger charge is 2.87. The summed E-state index contributed by atoms with van der Waals surface area (Å²) in [6.45, 7) is 1.16. The number of esters is 2. The van der Waals surface area contributed by atoms with Crippen LogP contribution in [0.4, 0.5) is 0 Å². The lowest BCUT2D eigenvalue weighted by atomic mass is 9.62. The van der Waals surface area contributed by atoms with E-state index in [1.54, 1.807) is 0 Å². The summed E-state index contributed by atoms with van der Waals surface area (Å²) in [6, 6.07) is 0. The minimum atomic E-state index is -3.99.